The summed E-state index contributed by atoms with van der Waals surface area (Å²) in [5.74, 6) is -0.359. The van der Waals surface area contributed by atoms with Gasteiger partial charge >= 0.3 is 5.97 Å². The van der Waals surface area contributed by atoms with Gasteiger partial charge in [-0.15, -0.1) is 0 Å². The van der Waals surface area contributed by atoms with Gasteiger partial charge in [-0.1, -0.05) is 25.5 Å². The Morgan fingerprint density at radius 2 is 1.97 bits per heavy atom. The molecule has 0 unspecified atom stereocenters. The van der Waals surface area contributed by atoms with Crippen molar-refractivity contribution in [1.29, 1.82) is 5.26 Å². The summed E-state index contributed by atoms with van der Waals surface area (Å²) < 4.78 is 6.69. The number of nitrogens with zero attached hydrogens (tertiary/aromatic N) is 3. The Morgan fingerprint density at radius 1 is 1.22 bits per heavy atom. The molecule has 7 heteroatoms. The molecule has 2 aromatic heterocycles. The van der Waals surface area contributed by atoms with Gasteiger partial charge in [-0.2, -0.15) is 5.26 Å². The minimum atomic E-state index is -0.359. The Morgan fingerprint density at radius 3 is 2.69 bits per heavy atom. The lowest BCUT2D eigenvalue weighted by Gasteiger charge is -2.06. The van der Waals surface area contributed by atoms with Crippen molar-refractivity contribution in [2.45, 2.75) is 26.7 Å². The third-order valence-corrected chi connectivity index (χ3v) is 5.34. The second kappa shape index (κ2) is 8.90. The average Bonchev–Trinajstić information content (AvgIpc) is 3.19. The molecule has 0 aliphatic carbocycles. The third kappa shape index (κ3) is 3.79. The van der Waals surface area contributed by atoms with Crippen LogP contribution in [0.15, 0.2) is 53.3 Å². The molecule has 0 saturated heterocycles. The van der Waals surface area contributed by atoms with E-state index in [1.54, 1.807) is 37.4 Å². The van der Waals surface area contributed by atoms with Gasteiger partial charge in [0.2, 0.25) is 0 Å². The van der Waals surface area contributed by atoms with Gasteiger partial charge in [-0.3, -0.25) is 9.20 Å². The minimum absolute atomic E-state index is 0.256. The van der Waals surface area contributed by atoms with Crippen LogP contribution in [0.2, 0.25) is 0 Å². The second-order valence-electron chi connectivity index (χ2n) is 7.45. The zero-order valence-electron chi connectivity index (χ0n) is 17.9. The van der Waals surface area contributed by atoms with Crippen molar-refractivity contribution in [1.82, 2.24) is 9.38 Å². The molecule has 160 valence electrons. The van der Waals surface area contributed by atoms with E-state index in [9.17, 15) is 14.9 Å². The summed E-state index contributed by atoms with van der Waals surface area (Å²) in [4.78, 5) is 29.8. The van der Waals surface area contributed by atoms with E-state index < -0.39 is 0 Å². The Bertz CT molecular complexity index is 1460. The average molecular weight is 426 g/mol. The fourth-order valence-electron chi connectivity index (χ4n) is 3.54. The van der Waals surface area contributed by atoms with Gasteiger partial charge in [0.05, 0.1) is 34.0 Å². The highest BCUT2D eigenvalue weighted by atomic mass is 16.5. The number of imidazole rings is 1. The van der Waals surface area contributed by atoms with E-state index in [4.69, 9.17) is 4.74 Å². The fourth-order valence-corrected chi connectivity index (χ4v) is 3.54. The summed E-state index contributed by atoms with van der Waals surface area (Å²) in [5, 5.41) is 13.2. The van der Waals surface area contributed by atoms with E-state index in [1.807, 2.05) is 31.2 Å². The van der Waals surface area contributed by atoms with Crippen LogP contribution in [0.4, 0.5) is 5.69 Å². The molecule has 0 fully saturated rings. The molecule has 1 N–H and O–H groups in total. The molecule has 7 nitrogen and oxygen atoms in total. The van der Waals surface area contributed by atoms with Gasteiger partial charge in [0.25, 0.3) is 5.56 Å². The second-order valence-corrected chi connectivity index (χ2v) is 7.45. The first-order chi connectivity index (χ1) is 15.5. The molecular formula is C25H22N4O3. The number of para-hydroxylation sites is 2. The summed E-state index contributed by atoms with van der Waals surface area (Å²) in [6.45, 7) is 4.18. The van der Waals surface area contributed by atoms with Crippen LogP contribution in [0.5, 0.6) is 0 Å². The fraction of sp³-hybridized carbons (Fsp3) is 0.200. The number of aromatic nitrogens is 2. The molecule has 0 aliphatic heterocycles. The lowest BCUT2D eigenvalue weighted by molar-refractivity contribution is 0.0500. The van der Waals surface area contributed by atoms with Gasteiger partial charge in [-0.05, 0) is 55.3 Å². The van der Waals surface area contributed by atoms with E-state index in [-0.39, 0.29) is 11.5 Å². The number of rotatable bonds is 6. The van der Waals surface area contributed by atoms with Crippen LogP contribution in [0.1, 0.15) is 41.3 Å². The maximum atomic E-state index is 13.3. The molecule has 0 radical (unpaired) electrons. The minimum Gasteiger partial charge on any atom is -0.462 e. The molecule has 0 saturated carbocycles. The number of pyridine rings is 1. The summed E-state index contributed by atoms with van der Waals surface area (Å²) in [6, 6.07) is 16.3. The predicted octanol–water partition coefficient (Wildman–Crippen LogP) is 3.55. The number of esters is 1. The van der Waals surface area contributed by atoms with E-state index in [1.165, 1.54) is 4.40 Å². The first-order valence-corrected chi connectivity index (χ1v) is 10.4. The lowest BCUT2D eigenvalue weighted by atomic mass is 10.1. The summed E-state index contributed by atoms with van der Waals surface area (Å²) in [6.07, 6.45) is 3.38. The van der Waals surface area contributed by atoms with Crippen LogP contribution in [-0.4, -0.2) is 22.0 Å². The van der Waals surface area contributed by atoms with E-state index in [0.717, 1.165) is 12.8 Å². The lowest BCUT2D eigenvalue weighted by Crippen LogP contribution is -2.34. The zero-order valence-corrected chi connectivity index (χ0v) is 17.9. The normalized spacial score (nSPS) is 11.6. The maximum absolute atomic E-state index is 13.3. The van der Waals surface area contributed by atoms with E-state index in [2.05, 4.69) is 16.4 Å². The monoisotopic (exact) mass is 426 g/mol. The van der Waals surface area contributed by atoms with Crippen molar-refractivity contribution in [2.24, 2.45) is 0 Å². The number of nitrogens with one attached hydrogen (secondary N) is 1. The molecule has 0 bridgehead atoms. The molecule has 0 atom stereocenters. The van der Waals surface area contributed by atoms with Crippen LogP contribution in [0.25, 0.3) is 22.9 Å². The first kappa shape index (κ1) is 21.1. The molecule has 2 heterocycles. The number of carbonyl (C=O) groups excluding carboxylic acids is 1. The zero-order chi connectivity index (χ0) is 22.7. The van der Waals surface area contributed by atoms with Crippen molar-refractivity contribution in [2.75, 3.05) is 11.9 Å². The van der Waals surface area contributed by atoms with Crippen molar-refractivity contribution < 1.29 is 9.53 Å². The number of hydrogen-bond donors (Lipinski definition) is 1. The Balaban J connectivity index is 1.70. The quantitative estimate of drug-likeness (QED) is 0.374. The SMILES string of the molecule is CCCCOC(=O)c1ccc(N/C=c2/c(C)c(C#N)c3nc4ccccc4n3c2=O)cc1. The number of nitriles is 1. The number of anilines is 1. The van der Waals surface area contributed by atoms with Gasteiger partial charge in [0.15, 0.2) is 5.65 Å². The highest BCUT2D eigenvalue weighted by Crippen LogP contribution is 2.17. The Hall–Kier alpha value is -4.18. The Kier molecular flexibility index (Phi) is 5.86. The van der Waals surface area contributed by atoms with Crippen LogP contribution < -0.4 is 16.1 Å². The number of carbonyl (C=O) groups is 1. The van der Waals surface area contributed by atoms with Gasteiger partial charge < -0.3 is 10.1 Å². The molecule has 32 heavy (non-hydrogen) atoms. The number of benzene rings is 2. The van der Waals surface area contributed by atoms with Crippen molar-refractivity contribution in [3.05, 3.63) is 80.8 Å². The number of hydrogen-bond acceptors (Lipinski definition) is 6. The number of ether oxygens (including phenoxy) is 1. The topological polar surface area (TPSA) is 96.5 Å². The van der Waals surface area contributed by atoms with E-state index in [0.29, 0.717) is 50.9 Å². The summed E-state index contributed by atoms with van der Waals surface area (Å²) in [5.41, 5.74) is 3.50. The molecule has 0 amide bonds. The number of unbranched alkanes of at least 4 members (excludes halogenated alkanes) is 1. The summed E-state index contributed by atoms with van der Waals surface area (Å²) >= 11 is 0. The van der Waals surface area contributed by atoms with Crippen molar-refractivity contribution in [3.63, 3.8) is 0 Å². The van der Waals surface area contributed by atoms with Crippen LogP contribution in [0, 0.1) is 18.3 Å². The molecular weight excluding hydrogens is 404 g/mol. The molecule has 2 aromatic carbocycles. The van der Waals surface area contributed by atoms with Crippen molar-refractivity contribution >= 4 is 34.5 Å². The van der Waals surface area contributed by atoms with Crippen molar-refractivity contribution in [3.8, 4) is 6.07 Å². The van der Waals surface area contributed by atoms with Crippen LogP contribution >= 0.6 is 0 Å². The van der Waals surface area contributed by atoms with Gasteiger partial charge in [0, 0.05) is 11.9 Å². The van der Waals surface area contributed by atoms with Gasteiger partial charge in [0.1, 0.15) is 6.07 Å². The molecule has 4 rings (SSSR count). The Labute approximate surface area is 184 Å². The predicted molar refractivity (Wildman–Crippen MR) is 123 cm³/mol. The maximum Gasteiger partial charge on any atom is 0.338 e. The third-order valence-electron chi connectivity index (χ3n) is 5.34. The smallest absolute Gasteiger partial charge is 0.338 e. The van der Waals surface area contributed by atoms with Gasteiger partial charge in [-0.25, -0.2) is 9.78 Å². The van der Waals surface area contributed by atoms with Crippen LogP contribution in [0.3, 0.4) is 0 Å². The highest BCUT2D eigenvalue weighted by Gasteiger charge is 2.16. The standard InChI is InChI=1S/C25H22N4O3/c1-3-4-13-32-25(31)17-9-11-18(12-10-17)27-15-20-16(2)19(14-26)23-28-21-7-5-6-8-22(21)29(23)24(20)30/h5-12,15,27H,3-4,13H2,1-2H3/b20-15-. The molecule has 4 aromatic rings. The van der Waals surface area contributed by atoms with Crippen LogP contribution in [-0.2, 0) is 4.74 Å². The van der Waals surface area contributed by atoms with E-state index >= 15 is 0 Å². The largest absolute Gasteiger partial charge is 0.462 e. The summed E-state index contributed by atoms with van der Waals surface area (Å²) in [7, 11) is 0. The first-order valence-electron chi connectivity index (χ1n) is 10.4. The molecule has 0 aliphatic rings. The number of fused-ring (bicyclic) bond motifs is 3. The highest BCUT2D eigenvalue weighted by molar-refractivity contribution is 5.90. The molecule has 0 spiro atoms.